The quantitative estimate of drug-likeness (QED) is 0.485. The summed E-state index contributed by atoms with van der Waals surface area (Å²) in [6.07, 6.45) is 0.769. The van der Waals surface area contributed by atoms with Crippen molar-refractivity contribution < 1.29 is 9.53 Å². The molecule has 3 aromatic carbocycles. The molecule has 3 aromatic rings. The summed E-state index contributed by atoms with van der Waals surface area (Å²) in [6.45, 7) is 2.41. The average Bonchev–Trinajstić information content (AvgIpc) is 2.66. The Morgan fingerprint density at radius 2 is 1.85 bits per heavy atom. The first kappa shape index (κ1) is 19.5. The number of nitrogens with one attached hydrogen (secondary N) is 1. The minimum atomic E-state index is -0.239. The van der Waals surface area contributed by atoms with E-state index in [0.717, 1.165) is 16.5 Å². The maximum Gasteiger partial charge on any atom is 0.259 e. The van der Waals surface area contributed by atoms with Gasteiger partial charge in [0, 0.05) is 21.6 Å². The van der Waals surface area contributed by atoms with Crippen molar-refractivity contribution in [2.24, 2.45) is 0 Å². The van der Waals surface area contributed by atoms with Crippen LogP contribution in [0.1, 0.15) is 21.5 Å². The molecule has 0 bridgehead atoms. The van der Waals surface area contributed by atoms with E-state index >= 15 is 0 Å². The van der Waals surface area contributed by atoms with Gasteiger partial charge in [0.1, 0.15) is 5.75 Å². The van der Waals surface area contributed by atoms with Gasteiger partial charge in [0.05, 0.1) is 12.2 Å². The Bertz CT molecular complexity index is 944. The lowest BCUT2D eigenvalue weighted by molar-refractivity contribution is 0.102. The van der Waals surface area contributed by atoms with Crippen molar-refractivity contribution in [3.8, 4) is 5.75 Å². The fourth-order valence-corrected chi connectivity index (χ4v) is 3.18. The molecule has 0 unspecified atom stereocenters. The number of hydrogen-bond acceptors (Lipinski definition) is 2. The molecule has 0 atom stereocenters. The third kappa shape index (κ3) is 5.34. The highest BCUT2D eigenvalue weighted by Gasteiger charge is 2.15. The smallest absolute Gasteiger partial charge is 0.259 e. The van der Waals surface area contributed by atoms with E-state index < -0.39 is 0 Å². The van der Waals surface area contributed by atoms with Crippen molar-refractivity contribution in [3.63, 3.8) is 0 Å². The average molecular weight is 445 g/mol. The van der Waals surface area contributed by atoms with Crippen LogP contribution in [0.25, 0.3) is 0 Å². The van der Waals surface area contributed by atoms with Crippen LogP contribution in [0.3, 0.4) is 0 Å². The van der Waals surface area contributed by atoms with Crippen molar-refractivity contribution in [2.45, 2.75) is 13.3 Å². The van der Waals surface area contributed by atoms with Gasteiger partial charge < -0.3 is 10.1 Å². The molecule has 0 heterocycles. The van der Waals surface area contributed by atoms with Crippen LogP contribution >= 0.6 is 27.5 Å². The van der Waals surface area contributed by atoms with Gasteiger partial charge in [-0.2, -0.15) is 0 Å². The van der Waals surface area contributed by atoms with Gasteiger partial charge in [-0.1, -0.05) is 63.9 Å². The van der Waals surface area contributed by atoms with E-state index in [-0.39, 0.29) is 5.91 Å². The molecule has 0 aliphatic carbocycles. The Balaban J connectivity index is 1.74. The van der Waals surface area contributed by atoms with Gasteiger partial charge in [-0.25, -0.2) is 0 Å². The molecule has 5 heteroatoms. The lowest BCUT2D eigenvalue weighted by atomic mass is 10.1. The monoisotopic (exact) mass is 443 g/mol. The second-order valence-corrected chi connectivity index (χ2v) is 7.49. The molecule has 0 fully saturated rings. The van der Waals surface area contributed by atoms with Crippen molar-refractivity contribution in [3.05, 3.63) is 92.9 Å². The minimum Gasteiger partial charge on any atom is -0.492 e. The summed E-state index contributed by atoms with van der Waals surface area (Å²) in [7, 11) is 0. The molecule has 3 nitrogen and oxygen atoms in total. The predicted molar refractivity (Wildman–Crippen MR) is 114 cm³/mol. The van der Waals surface area contributed by atoms with Crippen LogP contribution in [0.4, 0.5) is 5.69 Å². The molecule has 0 radical (unpaired) electrons. The molecule has 1 amide bonds. The number of carbonyl (C=O) groups excluding carboxylic acids is 1. The maximum atomic E-state index is 12.8. The minimum absolute atomic E-state index is 0.239. The Morgan fingerprint density at radius 3 is 2.63 bits per heavy atom. The largest absolute Gasteiger partial charge is 0.492 e. The maximum absolute atomic E-state index is 12.8. The zero-order valence-corrected chi connectivity index (χ0v) is 17.2. The Hall–Kier alpha value is -2.30. The highest BCUT2D eigenvalue weighted by Crippen LogP contribution is 2.26. The zero-order valence-electron chi connectivity index (χ0n) is 14.8. The van der Waals surface area contributed by atoms with Gasteiger partial charge in [0.15, 0.2) is 0 Å². The predicted octanol–water partition coefficient (Wildman–Crippen LogP) is 6.28. The van der Waals surface area contributed by atoms with Crippen LogP contribution in [0.5, 0.6) is 5.75 Å². The summed E-state index contributed by atoms with van der Waals surface area (Å²) in [6, 6.07) is 20.9. The van der Waals surface area contributed by atoms with E-state index in [0.29, 0.717) is 28.6 Å². The van der Waals surface area contributed by atoms with Crippen LogP contribution < -0.4 is 10.1 Å². The second kappa shape index (κ2) is 9.07. The molecule has 138 valence electrons. The lowest BCUT2D eigenvalue weighted by Crippen LogP contribution is -2.15. The Labute approximate surface area is 172 Å². The van der Waals surface area contributed by atoms with Gasteiger partial charge in [0.2, 0.25) is 0 Å². The number of aryl methyl sites for hydroxylation is 1. The molecular formula is C22H19BrClNO2. The van der Waals surface area contributed by atoms with E-state index in [2.05, 4.69) is 33.4 Å². The molecule has 0 saturated heterocycles. The van der Waals surface area contributed by atoms with E-state index in [9.17, 15) is 4.79 Å². The topological polar surface area (TPSA) is 38.3 Å². The first-order chi connectivity index (χ1) is 13.0. The number of hydrogen-bond donors (Lipinski definition) is 1. The third-order valence-corrected chi connectivity index (χ3v) is 4.85. The summed E-state index contributed by atoms with van der Waals surface area (Å²) in [5.74, 6) is 0.308. The number of rotatable bonds is 6. The van der Waals surface area contributed by atoms with Crippen LogP contribution in [0.2, 0.25) is 5.02 Å². The highest BCUT2D eigenvalue weighted by atomic mass is 79.9. The first-order valence-corrected chi connectivity index (χ1v) is 9.74. The Morgan fingerprint density at radius 1 is 1.07 bits per heavy atom. The highest BCUT2D eigenvalue weighted by molar-refractivity contribution is 9.10. The fraction of sp³-hybridized carbons (Fsp3) is 0.136. The Kier molecular flexibility index (Phi) is 6.54. The van der Waals surface area contributed by atoms with Gasteiger partial charge in [0.25, 0.3) is 5.91 Å². The van der Waals surface area contributed by atoms with Gasteiger partial charge in [-0.15, -0.1) is 0 Å². The molecule has 0 aromatic heterocycles. The van der Waals surface area contributed by atoms with Crippen LogP contribution in [0, 0.1) is 6.92 Å². The molecule has 1 N–H and O–H groups in total. The van der Waals surface area contributed by atoms with Crippen LogP contribution in [-0.2, 0) is 6.42 Å². The lowest BCUT2D eigenvalue weighted by Gasteiger charge is -2.14. The van der Waals surface area contributed by atoms with Gasteiger partial charge in [-0.3, -0.25) is 4.79 Å². The second-order valence-electron chi connectivity index (χ2n) is 6.14. The molecule has 0 saturated carbocycles. The molecular weight excluding hydrogens is 426 g/mol. The van der Waals surface area contributed by atoms with E-state index in [1.165, 1.54) is 5.56 Å². The summed E-state index contributed by atoms with van der Waals surface area (Å²) >= 11 is 9.47. The SMILES string of the molecule is Cc1ccc(Cl)cc1NC(=O)c1cc(Br)ccc1OCCc1ccccc1. The number of carbonyl (C=O) groups is 1. The van der Waals surface area contributed by atoms with Gasteiger partial charge in [-0.05, 0) is 48.4 Å². The van der Waals surface area contributed by atoms with Crippen molar-refractivity contribution in [1.29, 1.82) is 0 Å². The van der Waals surface area contributed by atoms with Crippen LogP contribution in [0.15, 0.2) is 71.2 Å². The number of halogens is 2. The van der Waals surface area contributed by atoms with E-state index in [1.54, 1.807) is 24.3 Å². The van der Waals surface area contributed by atoms with Gasteiger partial charge >= 0.3 is 0 Å². The summed E-state index contributed by atoms with van der Waals surface area (Å²) < 4.78 is 6.71. The zero-order chi connectivity index (χ0) is 19.2. The number of anilines is 1. The number of benzene rings is 3. The number of ether oxygens (including phenoxy) is 1. The summed E-state index contributed by atoms with van der Waals surface area (Å²) in [5.41, 5.74) is 3.28. The standard InChI is InChI=1S/C22H19BrClNO2/c1-15-7-9-18(24)14-20(15)25-22(26)19-13-17(23)8-10-21(19)27-12-11-16-5-3-2-4-6-16/h2-10,13-14H,11-12H2,1H3,(H,25,26). The first-order valence-electron chi connectivity index (χ1n) is 8.57. The molecule has 3 rings (SSSR count). The van der Waals surface area contributed by atoms with E-state index in [1.807, 2.05) is 37.3 Å². The summed E-state index contributed by atoms with van der Waals surface area (Å²) in [5, 5.41) is 3.49. The third-order valence-electron chi connectivity index (χ3n) is 4.13. The summed E-state index contributed by atoms with van der Waals surface area (Å²) in [4.78, 5) is 12.8. The van der Waals surface area contributed by atoms with Crippen molar-refractivity contribution in [1.82, 2.24) is 0 Å². The normalized spacial score (nSPS) is 10.5. The van der Waals surface area contributed by atoms with Crippen molar-refractivity contribution >= 4 is 39.1 Å². The molecule has 27 heavy (non-hydrogen) atoms. The fourth-order valence-electron chi connectivity index (χ4n) is 2.65. The molecule has 0 aliphatic heterocycles. The van der Waals surface area contributed by atoms with Crippen LogP contribution in [-0.4, -0.2) is 12.5 Å². The number of amides is 1. The van der Waals surface area contributed by atoms with Crippen molar-refractivity contribution in [2.75, 3.05) is 11.9 Å². The van der Waals surface area contributed by atoms with E-state index in [4.69, 9.17) is 16.3 Å². The molecule has 0 aliphatic rings. The molecule has 0 spiro atoms.